The van der Waals surface area contributed by atoms with E-state index in [0.29, 0.717) is 21.9 Å². The van der Waals surface area contributed by atoms with E-state index in [2.05, 4.69) is 25.8 Å². The van der Waals surface area contributed by atoms with Crippen molar-refractivity contribution in [2.24, 2.45) is 0 Å². The highest BCUT2D eigenvalue weighted by atomic mass is 19.1. The first-order valence-electron chi connectivity index (χ1n) is 7.89. The Morgan fingerprint density at radius 3 is 2.88 bits per heavy atom. The maximum atomic E-state index is 13.4. The molecule has 0 aliphatic rings. The minimum absolute atomic E-state index is 0.0360. The molecule has 2 heterocycles. The third-order valence-corrected chi connectivity index (χ3v) is 4.01. The van der Waals surface area contributed by atoms with Crippen molar-refractivity contribution < 1.29 is 9.18 Å². The molecule has 26 heavy (non-hydrogen) atoms. The quantitative estimate of drug-likeness (QED) is 0.423. The molecule has 0 aliphatic carbocycles. The molecule has 2 aromatic carbocycles. The summed E-state index contributed by atoms with van der Waals surface area (Å²) in [5, 5.41) is 1.11. The Morgan fingerprint density at radius 2 is 2.00 bits per heavy atom. The maximum Gasteiger partial charge on any atom is 0.260 e. The number of H-pyrrole nitrogens is 2. The number of carbonyl (C=O) groups excluding carboxylic acids is 1. The number of carbonyl (C=O) groups is 1. The highest BCUT2D eigenvalue weighted by Gasteiger charge is 2.10. The zero-order valence-corrected chi connectivity index (χ0v) is 13.5. The van der Waals surface area contributed by atoms with Gasteiger partial charge < -0.3 is 4.98 Å². The van der Waals surface area contributed by atoms with Crippen LogP contribution in [0.2, 0.25) is 0 Å². The first-order chi connectivity index (χ1) is 12.6. The Balaban J connectivity index is 1.48. The molecule has 0 spiro atoms. The van der Waals surface area contributed by atoms with Crippen molar-refractivity contribution in [3.63, 3.8) is 0 Å². The largest absolute Gasteiger partial charge is 0.361 e. The van der Waals surface area contributed by atoms with Crippen molar-refractivity contribution in [3.05, 3.63) is 70.4 Å². The van der Waals surface area contributed by atoms with E-state index in [1.165, 1.54) is 12.1 Å². The van der Waals surface area contributed by atoms with Crippen LogP contribution in [-0.4, -0.2) is 20.9 Å². The number of nitrogens with one attached hydrogen (secondary N) is 4. The summed E-state index contributed by atoms with van der Waals surface area (Å²) >= 11 is 0. The van der Waals surface area contributed by atoms with Gasteiger partial charge in [-0.25, -0.2) is 9.37 Å². The molecule has 7 nitrogen and oxygen atoms in total. The average Bonchev–Trinajstić information content (AvgIpc) is 3.02. The molecule has 2 aromatic heterocycles. The molecule has 4 aromatic rings. The fraction of sp³-hybridized carbons (Fsp3) is 0.0556. The van der Waals surface area contributed by atoms with E-state index in [0.717, 1.165) is 5.52 Å². The van der Waals surface area contributed by atoms with E-state index in [4.69, 9.17) is 0 Å². The van der Waals surface area contributed by atoms with E-state index in [-0.39, 0.29) is 29.7 Å². The first-order valence-corrected chi connectivity index (χ1v) is 7.89. The molecule has 0 saturated heterocycles. The fourth-order valence-corrected chi connectivity index (χ4v) is 2.79. The van der Waals surface area contributed by atoms with Gasteiger partial charge in [0.1, 0.15) is 5.82 Å². The van der Waals surface area contributed by atoms with E-state index >= 15 is 0 Å². The summed E-state index contributed by atoms with van der Waals surface area (Å²) in [5.74, 6) is -0.590. The molecule has 0 radical (unpaired) electrons. The number of para-hydroxylation sites is 1. The number of benzene rings is 2. The van der Waals surface area contributed by atoms with Crippen LogP contribution in [-0.2, 0) is 11.2 Å². The second-order valence-corrected chi connectivity index (χ2v) is 5.79. The van der Waals surface area contributed by atoms with Crippen molar-refractivity contribution >= 4 is 33.7 Å². The number of rotatable bonds is 4. The van der Waals surface area contributed by atoms with Crippen LogP contribution in [0.3, 0.4) is 0 Å². The molecule has 0 bridgehead atoms. The number of aromatic amines is 2. The van der Waals surface area contributed by atoms with Crippen LogP contribution in [0.15, 0.2) is 53.5 Å². The molecule has 0 fully saturated rings. The van der Waals surface area contributed by atoms with Crippen molar-refractivity contribution in [1.82, 2.24) is 20.4 Å². The Bertz CT molecular complexity index is 1180. The van der Waals surface area contributed by atoms with E-state index in [1.54, 1.807) is 36.5 Å². The van der Waals surface area contributed by atoms with Gasteiger partial charge in [-0.3, -0.25) is 25.4 Å². The number of hydrogen-bond acceptors (Lipinski definition) is 4. The lowest BCUT2D eigenvalue weighted by Crippen LogP contribution is -2.32. The summed E-state index contributed by atoms with van der Waals surface area (Å²) in [5.41, 5.74) is 6.70. The average molecular weight is 351 g/mol. The summed E-state index contributed by atoms with van der Waals surface area (Å²) in [7, 11) is 0. The SMILES string of the molecule is O=C(Cc1c[nH]c2ccc(F)cc12)NNc1nc2ccccc2c(=O)[nH]1. The number of halogens is 1. The van der Waals surface area contributed by atoms with E-state index in [1.807, 2.05) is 0 Å². The van der Waals surface area contributed by atoms with Gasteiger partial charge in [-0.1, -0.05) is 12.1 Å². The van der Waals surface area contributed by atoms with Crippen molar-refractivity contribution in [2.75, 3.05) is 5.43 Å². The topological polar surface area (TPSA) is 103 Å². The number of aromatic nitrogens is 3. The van der Waals surface area contributed by atoms with E-state index in [9.17, 15) is 14.0 Å². The van der Waals surface area contributed by atoms with Gasteiger partial charge in [0.2, 0.25) is 11.9 Å². The first kappa shape index (κ1) is 15.8. The van der Waals surface area contributed by atoms with Gasteiger partial charge in [0.15, 0.2) is 0 Å². The molecule has 4 rings (SSSR count). The monoisotopic (exact) mass is 351 g/mol. The van der Waals surface area contributed by atoms with Crippen molar-refractivity contribution in [1.29, 1.82) is 0 Å². The number of hydrazine groups is 1. The van der Waals surface area contributed by atoms with Gasteiger partial charge >= 0.3 is 0 Å². The number of anilines is 1. The summed E-state index contributed by atoms with van der Waals surface area (Å²) in [6.45, 7) is 0. The van der Waals surface area contributed by atoms with Crippen LogP contribution in [0.25, 0.3) is 21.8 Å². The van der Waals surface area contributed by atoms with Gasteiger partial charge in [-0.05, 0) is 35.9 Å². The van der Waals surface area contributed by atoms with Crippen LogP contribution in [0.5, 0.6) is 0 Å². The van der Waals surface area contributed by atoms with Gasteiger partial charge in [-0.15, -0.1) is 0 Å². The highest BCUT2D eigenvalue weighted by Crippen LogP contribution is 2.19. The van der Waals surface area contributed by atoms with Crippen LogP contribution in [0, 0.1) is 5.82 Å². The van der Waals surface area contributed by atoms with Gasteiger partial charge in [0, 0.05) is 17.1 Å². The Morgan fingerprint density at radius 1 is 1.15 bits per heavy atom. The minimum atomic E-state index is -0.366. The molecule has 0 atom stereocenters. The van der Waals surface area contributed by atoms with Gasteiger partial charge in [0.05, 0.1) is 17.3 Å². The van der Waals surface area contributed by atoms with Crippen LogP contribution in [0.1, 0.15) is 5.56 Å². The molecule has 0 aliphatic heterocycles. The molecule has 0 saturated carbocycles. The third kappa shape index (κ3) is 3.00. The van der Waals surface area contributed by atoms with Crippen molar-refractivity contribution in [2.45, 2.75) is 6.42 Å². The Labute approximate surface area is 146 Å². The lowest BCUT2D eigenvalue weighted by atomic mass is 10.1. The van der Waals surface area contributed by atoms with Crippen LogP contribution >= 0.6 is 0 Å². The number of amides is 1. The number of hydrogen-bond donors (Lipinski definition) is 4. The smallest absolute Gasteiger partial charge is 0.260 e. The normalized spacial score (nSPS) is 11.0. The molecule has 1 amide bonds. The lowest BCUT2D eigenvalue weighted by Gasteiger charge is -2.08. The zero-order valence-electron chi connectivity index (χ0n) is 13.5. The van der Waals surface area contributed by atoms with Crippen LogP contribution in [0.4, 0.5) is 10.3 Å². The standard InChI is InChI=1S/C18H14FN5O2/c19-11-5-6-14-13(8-11)10(9-20-14)7-16(25)23-24-18-21-15-4-2-1-3-12(15)17(26)22-18/h1-6,8-9,20H,7H2,(H,23,25)(H2,21,22,24,26). The summed E-state index contributed by atoms with van der Waals surface area (Å²) < 4.78 is 13.4. The Kier molecular flexibility index (Phi) is 3.85. The summed E-state index contributed by atoms with van der Waals surface area (Å²) in [6.07, 6.45) is 1.70. The van der Waals surface area contributed by atoms with Gasteiger partial charge in [-0.2, -0.15) is 0 Å². The fourth-order valence-electron chi connectivity index (χ4n) is 2.79. The number of fused-ring (bicyclic) bond motifs is 2. The van der Waals surface area contributed by atoms with Crippen LogP contribution < -0.4 is 16.4 Å². The molecule has 8 heteroatoms. The summed E-state index contributed by atoms with van der Waals surface area (Å²) in [4.78, 5) is 33.9. The number of nitrogens with zero attached hydrogens (tertiary/aromatic N) is 1. The molecule has 4 N–H and O–H groups in total. The van der Waals surface area contributed by atoms with E-state index < -0.39 is 0 Å². The third-order valence-electron chi connectivity index (χ3n) is 4.01. The highest BCUT2D eigenvalue weighted by molar-refractivity contribution is 5.89. The Hall–Kier alpha value is -3.68. The van der Waals surface area contributed by atoms with Crippen molar-refractivity contribution in [3.8, 4) is 0 Å². The zero-order chi connectivity index (χ0) is 18.1. The molecule has 130 valence electrons. The molecular formula is C18H14FN5O2. The lowest BCUT2D eigenvalue weighted by molar-refractivity contribution is -0.119. The maximum absolute atomic E-state index is 13.4. The predicted octanol–water partition coefficient (Wildman–Crippen LogP) is 2.23. The second kappa shape index (κ2) is 6.32. The van der Waals surface area contributed by atoms with Gasteiger partial charge in [0.25, 0.3) is 5.56 Å². The molecule has 0 unspecified atom stereocenters. The summed E-state index contributed by atoms with van der Waals surface area (Å²) in [6, 6.07) is 11.2. The second-order valence-electron chi connectivity index (χ2n) is 5.79. The molecular weight excluding hydrogens is 337 g/mol. The predicted molar refractivity (Wildman–Crippen MR) is 96.1 cm³/mol. The minimum Gasteiger partial charge on any atom is -0.361 e.